The van der Waals surface area contributed by atoms with Crippen molar-refractivity contribution in [1.82, 2.24) is 9.88 Å². The van der Waals surface area contributed by atoms with E-state index in [2.05, 4.69) is 9.88 Å². The van der Waals surface area contributed by atoms with E-state index in [9.17, 15) is 9.59 Å². The molecule has 0 saturated heterocycles. The molecule has 182 valence electrons. The van der Waals surface area contributed by atoms with E-state index in [4.69, 9.17) is 14.6 Å². The lowest BCUT2D eigenvalue weighted by molar-refractivity contribution is -0.137. The van der Waals surface area contributed by atoms with E-state index in [1.54, 1.807) is 14.2 Å². The summed E-state index contributed by atoms with van der Waals surface area (Å²) in [4.78, 5) is 23.4. The Morgan fingerprint density at radius 2 is 1.56 bits per heavy atom. The minimum Gasteiger partial charge on any atom is -0.497 e. The lowest BCUT2D eigenvalue weighted by atomic mass is 10.0. The molecule has 0 aliphatic rings. The maximum Gasteiger partial charge on any atom is 0.303 e. The number of carboxylic acids is 1. The van der Waals surface area contributed by atoms with Gasteiger partial charge in [-0.3, -0.25) is 9.59 Å². The Hall–Kier alpha value is -3.48. The number of nitrogens with zero attached hydrogens (tertiary/aromatic N) is 1. The van der Waals surface area contributed by atoms with Gasteiger partial charge in [0.05, 0.1) is 26.3 Å². The van der Waals surface area contributed by atoms with Gasteiger partial charge in [0.2, 0.25) is 5.91 Å². The Morgan fingerprint density at radius 3 is 2.24 bits per heavy atom. The van der Waals surface area contributed by atoms with Crippen molar-refractivity contribution in [2.75, 3.05) is 20.8 Å². The maximum absolute atomic E-state index is 12.9. The predicted molar refractivity (Wildman–Crippen MR) is 134 cm³/mol. The smallest absolute Gasteiger partial charge is 0.303 e. The van der Waals surface area contributed by atoms with Gasteiger partial charge in [0.1, 0.15) is 11.5 Å². The van der Waals surface area contributed by atoms with Crippen LogP contribution in [-0.2, 0) is 23.1 Å². The van der Waals surface area contributed by atoms with Gasteiger partial charge in [0.15, 0.2) is 0 Å². The first kappa shape index (κ1) is 25.1. The van der Waals surface area contributed by atoms with Crippen molar-refractivity contribution in [3.8, 4) is 22.8 Å². The molecular formula is C27H34N2O5. The summed E-state index contributed by atoms with van der Waals surface area (Å²) in [5, 5.41) is 12.7. The fourth-order valence-corrected chi connectivity index (χ4v) is 4.30. The van der Waals surface area contributed by atoms with Gasteiger partial charge < -0.3 is 24.5 Å². The number of aromatic nitrogens is 1. The van der Waals surface area contributed by atoms with Crippen molar-refractivity contribution in [1.29, 1.82) is 0 Å². The molecule has 0 saturated carbocycles. The maximum atomic E-state index is 12.9. The van der Waals surface area contributed by atoms with Crippen LogP contribution in [0.3, 0.4) is 0 Å². The Bertz CT molecular complexity index is 1120. The number of carbonyl (C=O) groups is 2. The van der Waals surface area contributed by atoms with Gasteiger partial charge in [-0.2, -0.15) is 0 Å². The zero-order valence-electron chi connectivity index (χ0n) is 20.2. The number of benzene rings is 2. The molecule has 0 aliphatic heterocycles. The average Bonchev–Trinajstić information content (AvgIpc) is 3.11. The number of hydrogen-bond acceptors (Lipinski definition) is 4. The number of aryl methyl sites for hydroxylation is 1. The number of fused-ring (bicyclic) bond motifs is 1. The molecule has 7 nitrogen and oxygen atoms in total. The third-order valence-electron chi connectivity index (χ3n) is 6.10. The van der Waals surface area contributed by atoms with Crippen LogP contribution in [0.1, 0.15) is 44.1 Å². The van der Waals surface area contributed by atoms with Gasteiger partial charge in [-0.05, 0) is 66.4 Å². The first-order valence-electron chi connectivity index (χ1n) is 11.7. The molecule has 1 amide bonds. The Labute approximate surface area is 200 Å². The minimum atomic E-state index is -0.743. The fraction of sp³-hybridized carbons (Fsp3) is 0.407. The molecule has 0 spiro atoms. The Balaban J connectivity index is 1.72. The van der Waals surface area contributed by atoms with E-state index in [1.807, 2.05) is 49.5 Å². The lowest BCUT2D eigenvalue weighted by Gasteiger charge is -2.10. The normalized spacial score (nSPS) is 10.9. The van der Waals surface area contributed by atoms with E-state index in [0.717, 1.165) is 64.9 Å². The third kappa shape index (κ3) is 6.31. The number of hydrogen-bond donors (Lipinski definition) is 2. The summed E-state index contributed by atoms with van der Waals surface area (Å²) >= 11 is 0. The molecule has 2 aromatic carbocycles. The zero-order valence-corrected chi connectivity index (χ0v) is 20.2. The molecule has 1 aromatic heterocycles. The van der Waals surface area contributed by atoms with Crippen LogP contribution < -0.4 is 14.8 Å². The van der Waals surface area contributed by atoms with Gasteiger partial charge in [-0.15, -0.1) is 0 Å². The standard InChI is InChI=1S/C27H34N2O5/c1-29-24-15-14-21(34-3)17-22(24)23(27(29)19-10-12-20(33-2)13-11-19)18-25(30)28-16-8-6-4-5-7-9-26(31)32/h10-15,17H,4-9,16,18H2,1-3H3,(H,28,30)(H,31,32). The highest BCUT2D eigenvalue weighted by Gasteiger charge is 2.20. The van der Waals surface area contributed by atoms with Gasteiger partial charge in [-0.1, -0.05) is 19.3 Å². The van der Waals surface area contributed by atoms with Crippen molar-refractivity contribution in [3.05, 3.63) is 48.0 Å². The van der Waals surface area contributed by atoms with E-state index in [0.29, 0.717) is 13.0 Å². The molecule has 0 atom stereocenters. The first-order valence-corrected chi connectivity index (χ1v) is 11.7. The van der Waals surface area contributed by atoms with E-state index >= 15 is 0 Å². The second-order valence-electron chi connectivity index (χ2n) is 8.44. The molecule has 34 heavy (non-hydrogen) atoms. The van der Waals surface area contributed by atoms with Crippen LogP contribution in [0.4, 0.5) is 0 Å². The van der Waals surface area contributed by atoms with Crippen LogP contribution in [0.2, 0.25) is 0 Å². The van der Waals surface area contributed by atoms with Crippen molar-refractivity contribution in [3.63, 3.8) is 0 Å². The second-order valence-corrected chi connectivity index (χ2v) is 8.44. The number of rotatable bonds is 13. The number of nitrogens with one attached hydrogen (secondary N) is 1. The molecule has 0 fully saturated rings. The molecule has 0 bridgehead atoms. The largest absolute Gasteiger partial charge is 0.497 e. The van der Waals surface area contributed by atoms with Crippen LogP contribution in [-0.4, -0.2) is 42.3 Å². The zero-order chi connectivity index (χ0) is 24.5. The molecule has 3 aromatic rings. The molecule has 0 radical (unpaired) electrons. The van der Waals surface area contributed by atoms with Crippen LogP contribution in [0.5, 0.6) is 11.5 Å². The Morgan fingerprint density at radius 1 is 0.912 bits per heavy atom. The molecule has 0 aliphatic carbocycles. The third-order valence-corrected chi connectivity index (χ3v) is 6.10. The Kier molecular flexibility index (Phi) is 8.96. The van der Waals surface area contributed by atoms with Crippen molar-refractivity contribution >= 4 is 22.8 Å². The molecule has 2 N–H and O–H groups in total. The fourth-order valence-electron chi connectivity index (χ4n) is 4.30. The molecular weight excluding hydrogens is 432 g/mol. The lowest BCUT2D eigenvalue weighted by Crippen LogP contribution is -2.26. The van der Waals surface area contributed by atoms with E-state index in [-0.39, 0.29) is 18.7 Å². The summed E-state index contributed by atoms with van der Waals surface area (Å²) in [6.45, 7) is 0.615. The van der Waals surface area contributed by atoms with Crippen molar-refractivity contribution < 1.29 is 24.2 Å². The van der Waals surface area contributed by atoms with Crippen molar-refractivity contribution in [2.45, 2.75) is 44.9 Å². The number of ether oxygens (including phenoxy) is 2. The first-order chi connectivity index (χ1) is 16.4. The monoisotopic (exact) mass is 466 g/mol. The van der Waals surface area contributed by atoms with Crippen molar-refractivity contribution in [2.24, 2.45) is 7.05 Å². The van der Waals surface area contributed by atoms with Crippen LogP contribution >= 0.6 is 0 Å². The number of amides is 1. The summed E-state index contributed by atoms with van der Waals surface area (Å²) in [6.07, 6.45) is 4.95. The summed E-state index contributed by atoms with van der Waals surface area (Å²) in [6, 6.07) is 13.8. The molecule has 3 rings (SSSR count). The van der Waals surface area contributed by atoms with Gasteiger partial charge in [0, 0.05) is 30.9 Å². The minimum absolute atomic E-state index is 0.0176. The van der Waals surface area contributed by atoms with Gasteiger partial charge in [-0.25, -0.2) is 0 Å². The average molecular weight is 467 g/mol. The summed E-state index contributed by atoms with van der Waals surface area (Å²) in [5.74, 6) is 0.777. The highest BCUT2D eigenvalue weighted by atomic mass is 16.5. The SMILES string of the molecule is COc1ccc(-c2c(CC(=O)NCCCCCCCC(=O)O)c3cc(OC)ccc3n2C)cc1. The number of carbonyl (C=O) groups excluding carboxylic acids is 1. The summed E-state index contributed by atoms with van der Waals surface area (Å²) in [5.41, 5.74) is 4.02. The topological polar surface area (TPSA) is 89.8 Å². The quantitative estimate of drug-likeness (QED) is 0.348. The number of carboxylic acid groups (broad SMARTS) is 1. The molecule has 1 heterocycles. The molecule has 0 unspecified atom stereocenters. The van der Waals surface area contributed by atoms with E-state index in [1.165, 1.54) is 0 Å². The number of methoxy groups -OCH3 is 2. The van der Waals surface area contributed by atoms with Crippen LogP contribution in [0, 0.1) is 0 Å². The van der Waals surface area contributed by atoms with Crippen LogP contribution in [0.15, 0.2) is 42.5 Å². The summed E-state index contributed by atoms with van der Waals surface area (Å²) < 4.78 is 12.9. The highest BCUT2D eigenvalue weighted by molar-refractivity contribution is 5.96. The van der Waals surface area contributed by atoms with Crippen LogP contribution in [0.25, 0.3) is 22.2 Å². The van der Waals surface area contributed by atoms with Gasteiger partial charge >= 0.3 is 5.97 Å². The molecule has 7 heteroatoms. The predicted octanol–water partition coefficient (Wildman–Crippen LogP) is 4.95. The highest BCUT2D eigenvalue weighted by Crippen LogP contribution is 2.36. The summed E-state index contributed by atoms with van der Waals surface area (Å²) in [7, 11) is 5.30. The number of aliphatic carboxylic acids is 1. The van der Waals surface area contributed by atoms with E-state index < -0.39 is 5.97 Å². The second kappa shape index (κ2) is 12.1. The number of unbranched alkanes of at least 4 members (excludes halogenated alkanes) is 4. The van der Waals surface area contributed by atoms with Gasteiger partial charge in [0.25, 0.3) is 0 Å².